The molecule has 0 radical (unpaired) electrons. The van der Waals surface area contributed by atoms with Crippen LogP contribution < -0.4 is 5.32 Å². The lowest BCUT2D eigenvalue weighted by Gasteiger charge is -2.22. The Kier molecular flexibility index (Phi) is 4.53. The predicted octanol–water partition coefficient (Wildman–Crippen LogP) is 1.80. The van der Waals surface area contributed by atoms with Gasteiger partial charge in [-0.05, 0) is 25.0 Å². The molecule has 2 rings (SSSR count). The standard InChI is InChI=1S/C12H17NO3S/c1-15-8-10-4-5-11(17-10)12(14)13-9-3-2-6-16-7-9/h4-5,9H,2-3,6-8H2,1H3,(H,13,14)/t9-/m1/s1. The van der Waals surface area contributed by atoms with E-state index in [0.717, 1.165) is 29.2 Å². The molecule has 4 nitrogen and oxygen atoms in total. The zero-order valence-corrected chi connectivity index (χ0v) is 10.7. The van der Waals surface area contributed by atoms with Crippen molar-refractivity contribution in [1.82, 2.24) is 5.32 Å². The van der Waals surface area contributed by atoms with Crippen molar-refractivity contribution in [1.29, 1.82) is 0 Å². The molecule has 0 unspecified atom stereocenters. The summed E-state index contributed by atoms with van der Waals surface area (Å²) >= 11 is 1.48. The van der Waals surface area contributed by atoms with Crippen molar-refractivity contribution in [3.05, 3.63) is 21.9 Å². The van der Waals surface area contributed by atoms with Crippen molar-refractivity contribution >= 4 is 17.2 Å². The van der Waals surface area contributed by atoms with E-state index in [2.05, 4.69) is 5.32 Å². The summed E-state index contributed by atoms with van der Waals surface area (Å²) in [5.74, 6) is -0.00662. The number of rotatable bonds is 4. The molecule has 1 N–H and O–H groups in total. The van der Waals surface area contributed by atoms with Gasteiger partial charge in [0.1, 0.15) is 0 Å². The number of nitrogens with one attached hydrogen (secondary N) is 1. The third kappa shape index (κ3) is 3.52. The molecule has 1 atom stereocenters. The van der Waals surface area contributed by atoms with Gasteiger partial charge in [0.05, 0.1) is 24.1 Å². The quantitative estimate of drug-likeness (QED) is 0.892. The van der Waals surface area contributed by atoms with E-state index in [4.69, 9.17) is 9.47 Å². The maximum Gasteiger partial charge on any atom is 0.261 e. The van der Waals surface area contributed by atoms with Crippen molar-refractivity contribution < 1.29 is 14.3 Å². The van der Waals surface area contributed by atoms with Gasteiger partial charge in [0, 0.05) is 18.6 Å². The third-order valence-corrected chi connectivity index (χ3v) is 3.73. The first-order chi connectivity index (χ1) is 8.29. The average Bonchev–Trinajstić information content (AvgIpc) is 2.79. The molecule has 1 aromatic heterocycles. The van der Waals surface area contributed by atoms with E-state index in [-0.39, 0.29) is 11.9 Å². The van der Waals surface area contributed by atoms with Crippen molar-refractivity contribution in [2.24, 2.45) is 0 Å². The van der Waals surface area contributed by atoms with E-state index in [1.54, 1.807) is 7.11 Å². The van der Waals surface area contributed by atoms with Crippen LogP contribution in [0.4, 0.5) is 0 Å². The maximum atomic E-state index is 11.9. The topological polar surface area (TPSA) is 47.6 Å². The summed E-state index contributed by atoms with van der Waals surface area (Å²) < 4.78 is 10.4. The Hall–Kier alpha value is -0.910. The van der Waals surface area contributed by atoms with Crippen LogP contribution in [0.15, 0.2) is 12.1 Å². The molecule has 1 amide bonds. The summed E-state index contributed by atoms with van der Waals surface area (Å²) in [5.41, 5.74) is 0. The van der Waals surface area contributed by atoms with Crippen molar-refractivity contribution in [2.75, 3.05) is 20.3 Å². The minimum absolute atomic E-state index is 0.00662. The van der Waals surface area contributed by atoms with Crippen LogP contribution in [0.25, 0.3) is 0 Å². The average molecular weight is 255 g/mol. The number of carbonyl (C=O) groups excluding carboxylic acids is 1. The van der Waals surface area contributed by atoms with Crippen LogP contribution in [0.2, 0.25) is 0 Å². The zero-order chi connectivity index (χ0) is 12.1. The summed E-state index contributed by atoms with van der Waals surface area (Å²) in [6.07, 6.45) is 2.02. The van der Waals surface area contributed by atoms with Crippen LogP contribution in [0, 0.1) is 0 Å². The van der Waals surface area contributed by atoms with Gasteiger partial charge < -0.3 is 14.8 Å². The monoisotopic (exact) mass is 255 g/mol. The highest BCUT2D eigenvalue weighted by Gasteiger charge is 2.18. The number of amides is 1. The third-order valence-electron chi connectivity index (χ3n) is 2.67. The molecule has 17 heavy (non-hydrogen) atoms. The number of hydrogen-bond donors (Lipinski definition) is 1. The molecule has 0 aliphatic carbocycles. The van der Waals surface area contributed by atoms with E-state index in [1.807, 2.05) is 12.1 Å². The molecule has 0 saturated carbocycles. The van der Waals surface area contributed by atoms with Gasteiger partial charge in [-0.2, -0.15) is 0 Å². The van der Waals surface area contributed by atoms with Crippen LogP contribution in [-0.2, 0) is 16.1 Å². The largest absolute Gasteiger partial charge is 0.379 e. The molecule has 0 bridgehead atoms. The van der Waals surface area contributed by atoms with E-state index in [0.29, 0.717) is 13.2 Å². The second kappa shape index (κ2) is 6.14. The fourth-order valence-corrected chi connectivity index (χ4v) is 2.71. The van der Waals surface area contributed by atoms with E-state index in [9.17, 15) is 4.79 Å². The lowest BCUT2D eigenvalue weighted by Crippen LogP contribution is -2.40. The molecule has 5 heteroatoms. The highest BCUT2D eigenvalue weighted by atomic mass is 32.1. The molecule has 0 aromatic carbocycles. The number of ether oxygens (including phenoxy) is 2. The van der Waals surface area contributed by atoms with E-state index >= 15 is 0 Å². The Morgan fingerprint density at radius 1 is 1.65 bits per heavy atom. The highest BCUT2D eigenvalue weighted by Crippen LogP contribution is 2.17. The molecule has 2 heterocycles. The lowest BCUT2D eigenvalue weighted by atomic mass is 10.1. The molecular weight excluding hydrogens is 238 g/mol. The lowest BCUT2D eigenvalue weighted by molar-refractivity contribution is 0.0626. The van der Waals surface area contributed by atoms with Gasteiger partial charge in [-0.25, -0.2) is 0 Å². The minimum atomic E-state index is -0.00662. The Balaban J connectivity index is 1.89. The first kappa shape index (κ1) is 12.5. The Labute approximate surface area is 105 Å². The normalized spacial score (nSPS) is 20.2. The Morgan fingerprint density at radius 2 is 2.53 bits per heavy atom. The Morgan fingerprint density at radius 3 is 3.24 bits per heavy atom. The van der Waals surface area contributed by atoms with Gasteiger partial charge in [-0.15, -0.1) is 11.3 Å². The van der Waals surface area contributed by atoms with Crippen molar-refractivity contribution in [3.63, 3.8) is 0 Å². The van der Waals surface area contributed by atoms with Crippen LogP contribution >= 0.6 is 11.3 Å². The minimum Gasteiger partial charge on any atom is -0.379 e. The van der Waals surface area contributed by atoms with Crippen molar-refractivity contribution in [2.45, 2.75) is 25.5 Å². The second-order valence-electron chi connectivity index (χ2n) is 4.09. The summed E-state index contributed by atoms with van der Waals surface area (Å²) in [5, 5.41) is 3.00. The number of hydrogen-bond acceptors (Lipinski definition) is 4. The number of thiophene rings is 1. The van der Waals surface area contributed by atoms with Gasteiger partial charge in [-0.1, -0.05) is 0 Å². The summed E-state index contributed by atoms with van der Waals surface area (Å²) in [4.78, 5) is 13.7. The van der Waals surface area contributed by atoms with Crippen LogP contribution in [0.1, 0.15) is 27.4 Å². The molecular formula is C12H17NO3S. The fraction of sp³-hybridized carbons (Fsp3) is 0.583. The molecule has 1 saturated heterocycles. The molecule has 94 valence electrons. The first-order valence-corrected chi connectivity index (χ1v) is 6.57. The van der Waals surface area contributed by atoms with Crippen LogP contribution in [0.5, 0.6) is 0 Å². The van der Waals surface area contributed by atoms with E-state index in [1.165, 1.54) is 11.3 Å². The van der Waals surface area contributed by atoms with Gasteiger partial charge in [-0.3, -0.25) is 4.79 Å². The predicted molar refractivity (Wildman–Crippen MR) is 66.3 cm³/mol. The zero-order valence-electron chi connectivity index (χ0n) is 9.90. The Bertz CT molecular complexity index is 372. The smallest absolute Gasteiger partial charge is 0.261 e. The van der Waals surface area contributed by atoms with Gasteiger partial charge in [0.15, 0.2) is 0 Å². The highest BCUT2D eigenvalue weighted by molar-refractivity contribution is 7.14. The molecule has 1 fully saturated rings. The maximum absolute atomic E-state index is 11.9. The number of methoxy groups -OCH3 is 1. The van der Waals surface area contributed by atoms with Crippen molar-refractivity contribution in [3.8, 4) is 0 Å². The summed E-state index contributed by atoms with van der Waals surface area (Å²) in [7, 11) is 1.65. The van der Waals surface area contributed by atoms with Crippen LogP contribution in [0.3, 0.4) is 0 Å². The molecule has 1 aliphatic rings. The number of carbonyl (C=O) groups is 1. The SMILES string of the molecule is COCc1ccc(C(=O)N[C@@H]2CCCOC2)s1. The van der Waals surface area contributed by atoms with Crippen LogP contribution in [-0.4, -0.2) is 32.3 Å². The molecule has 0 spiro atoms. The fourth-order valence-electron chi connectivity index (χ4n) is 1.83. The summed E-state index contributed by atoms with van der Waals surface area (Å²) in [6, 6.07) is 3.93. The second-order valence-corrected chi connectivity index (χ2v) is 5.25. The first-order valence-electron chi connectivity index (χ1n) is 5.76. The van der Waals surface area contributed by atoms with Gasteiger partial charge in [0.2, 0.25) is 0 Å². The summed E-state index contributed by atoms with van der Waals surface area (Å²) in [6.45, 7) is 2.00. The molecule has 1 aliphatic heterocycles. The van der Waals surface area contributed by atoms with Gasteiger partial charge >= 0.3 is 0 Å². The molecule has 1 aromatic rings. The van der Waals surface area contributed by atoms with Gasteiger partial charge in [0.25, 0.3) is 5.91 Å². The van der Waals surface area contributed by atoms with E-state index < -0.39 is 0 Å².